The van der Waals surface area contributed by atoms with Gasteiger partial charge >= 0.3 is 6.18 Å². The third kappa shape index (κ3) is 3.66. The van der Waals surface area contributed by atoms with E-state index in [1.807, 2.05) is 24.3 Å². The molecule has 164 valence electrons. The molecule has 5 nitrogen and oxygen atoms in total. The molecule has 0 N–H and O–H groups in total. The van der Waals surface area contributed by atoms with Gasteiger partial charge in [-0.2, -0.15) is 22.8 Å². The highest BCUT2D eigenvalue weighted by atomic mass is 19.4. The van der Waals surface area contributed by atoms with Crippen LogP contribution in [-0.2, 0) is 6.18 Å². The van der Waals surface area contributed by atoms with Gasteiger partial charge in [0.15, 0.2) is 11.3 Å². The Balaban J connectivity index is 1.57. The molecule has 1 fully saturated rings. The van der Waals surface area contributed by atoms with Gasteiger partial charge in [0.2, 0.25) is 0 Å². The lowest BCUT2D eigenvalue weighted by Gasteiger charge is -2.37. The average molecular weight is 437 g/mol. The van der Waals surface area contributed by atoms with Crippen LogP contribution in [0.25, 0.3) is 16.8 Å². The predicted molar refractivity (Wildman–Crippen MR) is 119 cm³/mol. The molecule has 0 bridgehead atoms. The van der Waals surface area contributed by atoms with Gasteiger partial charge in [0.1, 0.15) is 5.82 Å². The van der Waals surface area contributed by atoms with Gasteiger partial charge in [-0.15, -0.1) is 0 Å². The van der Waals surface area contributed by atoms with Gasteiger partial charge in [0.25, 0.3) is 0 Å². The molecule has 1 aliphatic heterocycles. The molecule has 1 aliphatic rings. The lowest BCUT2D eigenvalue weighted by Crippen LogP contribution is -2.47. The van der Waals surface area contributed by atoms with Crippen molar-refractivity contribution < 1.29 is 13.2 Å². The van der Waals surface area contributed by atoms with Crippen LogP contribution in [0.3, 0.4) is 0 Å². The van der Waals surface area contributed by atoms with E-state index in [-0.39, 0.29) is 11.2 Å². The van der Waals surface area contributed by atoms with E-state index in [1.54, 1.807) is 37.3 Å². The highest BCUT2D eigenvalue weighted by Crippen LogP contribution is 2.39. The minimum atomic E-state index is -4.59. The highest BCUT2D eigenvalue weighted by molar-refractivity contribution is 5.81. The Labute approximate surface area is 183 Å². The second kappa shape index (κ2) is 7.85. The Morgan fingerprint density at radius 2 is 1.41 bits per heavy atom. The molecule has 3 heterocycles. The van der Waals surface area contributed by atoms with Crippen molar-refractivity contribution in [2.45, 2.75) is 13.1 Å². The molecule has 5 rings (SSSR count). The summed E-state index contributed by atoms with van der Waals surface area (Å²) in [5.74, 6) is 0.632. The maximum Gasteiger partial charge on any atom is 0.435 e. The Morgan fingerprint density at radius 3 is 2.03 bits per heavy atom. The van der Waals surface area contributed by atoms with Gasteiger partial charge in [-0.05, 0) is 24.6 Å². The molecule has 2 aromatic heterocycles. The summed E-state index contributed by atoms with van der Waals surface area (Å²) in [7, 11) is 0. The molecule has 1 saturated heterocycles. The molecule has 0 spiro atoms. The number of aryl methyl sites for hydroxylation is 1. The predicted octanol–water partition coefficient (Wildman–Crippen LogP) is 5.05. The van der Waals surface area contributed by atoms with Crippen molar-refractivity contribution in [3.8, 4) is 11.1 Å². The monoisotopic (exact) mass is 437 g/mol. The van der Waals surface area contributed by atoms with Crippen molar-refractivity contribution in [1.82, 2.24) is 14.6 Å². The third-order valence-electron chi connectivity index (χ3n) is 5.75. The first-order valence-corrected chi connectivity index (χ1v) is 10.5. The second-order valence-electron chi connectivity index (χ2n) is 7.89. The Bertz CT molecular complexity index is 1230. The fourth-order valence-corrected chi connectivity index (χ4v) is 4.25. The number of para-hydroxylation sites is 1. The summed E-state index contributed by atoms with van der Waals surface area (Å²) in [5, 5.41) is 4.03. The molecule has 32 heavy (non-hydrogen) atoms. The maximum absolute atomic E-state index is 14.0. The van der Waals surface area contributed by atoms with E-state index in [0.717, 1.165) is 18.8 Å². The van der Waals surface area contributed by atoms with Crippen molar-refractivity contribution >= 4 is 17.2 Å². The molecule has 2 aromatic carbocycles. The van der Waals surface area contributed by atoms with E-state index in [1.165, 1.54) is 4.52 Å². The van der Waals surface area contributed by atoms with Crippen LogP contribution in [0.2, 0.25) is 0 Å². The average Bonchev–Trinajstić information content (AvgIpc) is 3.20. The molecular weight excluding hydrogens is 415 g/mol. The van der Waals surface area contributed by atoms with E-state index in [2.05, 4.69) is 32.0 Å². The van der Waals surface area contributed by atoms with Crippen molar-refractivity contribution in [3.05, 3.63) is 78.1 Å². The number of nitrogens with zero attached hydrogens (tertiary/aromatic N) is 5. The SMILES string of the molecule is Cc1cc(N2CCN(c3ccccc3)CC2)n2nc(C(F)(F)F)c(-c3ccccc3)c2n1. The Kier molecular flexibility index (Phi) is 5.00. The van der Waals surface area contributed by atoms with E-state index < -0.39 is 11.9 Å². The smallest absolute Gasteiger partial charge is 0.368 e. The number of hydrogen-bond donors (Lipinski definition) is 0. The number of anilines is 2. The summed E-state index contributed by atoms with van der Waals surface area (Å²) < 4.78 is 43.2. The minimum absolute atomic E-state index is 0.0194. The number of benzene rings is 2. The van der Waals surface area contributed by atoms with Gasteiger partial charge < -0.3 is 9.80 Å². The number of fused-ring (bicyclic) bond motifs is 1. The molecule has 0 unspecified atom stereocenters. The summed E-state index contributed by atoms with van der Waals surface area (Å²) >= 11 is 0. The van der Waals surface area contributed by atoms with E-state index >= 15 is 0 Å². The number of halogens is 3. The van der Waals surface area contributed by atoms with Crippen molar-refractivity contribution in [2.24, 2.45) is 0 Å². The molecule has 0 amide bonds. The van der Waals surface area contributed by atoms with Crippen molar-refractivity contribution in [3.63, 3.8) is 0 Å². The summed E-state index contributed by atoms with van der Waals surface area (Å²) in [5.41, 5.74) is 1.59. The number of hydrogen-bond acceptors (Lipinski definition) is 4. The zero-order chi connectivity index (χ0) is 22.3. The maximum atomic E-state index is 14.0. The lowest BCUT2D eigenvalue weighted by atomic mass is 10.1. The van der Waals surface area contributed by atoms with Gasteiger partial charge in [0, 0.05) is 43.6 Å². The quantitative estimate of drug-likeness (QED) is 0.450. The first kappa shape index (κ1) is 20.4. The Morgan fingerprint density at radius 1 is 0.812 bits per heavy atom. The number of aromatic nitrogens is 3. The zero-order valence-corrected chi connectivity index (χ0v) is 17.5. The molecule has 4 aromatic rings. The van der Waals surface area contributed by atoms with Crippen LogP contribution in [0, 0.1) is 6.92 Å². The molecule has 0 saturated carbocycles. The van der Waals surface area contributed by atoms with Gasteiger partial charge in [0.05, 0.1) is 5.56 Å². The fourth-order valence-electron chi connectivity index (χ4n) is 4.25. The molecular formula is C24H22F3N5. The van der Waals surface area contributed by atoms with Gasteiger partial charge in [-0.3, -0.25) is 0 Å². The number of piperazine rings is 1. The molecule has 0 atom stereocenters. The third-order valence-corrected chi connectivity index (χ3v) is 5.75. The van der Waals surface area contributed by atoms with E-state index in [0.29, 0.717) is 30.2 Å². The summed E-state index contributed by atoms with van der Waals surface area (Å²) in [6.45, 7) is 4.70. The van der Waals surface area contributed by atoms with E-state index in [4.69, 9.17) is 0 Å². The Hall–Kier alpha value is -3.55. The van der Waals surface area contributed by atoms with Crippen LogP contribution >= 0.6 is 0 Å². The first-order chi connectivity index (χ1) is 15.4. The topological polar surface area (TPSA) is 36.7 Å². The van der Waals surface area contributed by atoms with Crippen LogP contribution in [0.15, 0.2) is 66.7 Å². The van der Waals surface area contributed by atoms with Crippen LogP contribution in [0.5, 0.6) is 0 Å². The van der Waals surface area contributed by atoms with E-state index in [9.17, 15) is 13.2 Å². The first-order valence-electron chi connectivity index (χ1n) is 10.5. The second-order valence-corrected chi connectivity index (χ2v) is 7.89. The highest BCUT2D eigenvalue weighted by Gasteiger charge is 2.39. The lowest BCUT2D eigenvalue weighted by molar-refractivity contribution is -0.140. The fraction of sp³-hybridized carbons (Fsp3) is 0.250. The zero-order valence-electron chi connectivity index (χ0n) is 17.5. The van der Waals surface area contributed by atoms with Crippen molar-refractivity contribution in [1.29, 1.82) is 0 Å². The normalized spacial score (nSPS) is 14.9. The summed E-state index contributed by atoms with van der Waals surface area (Å²) in [6, 6.07) is 20.5. The molecule has 0 radical (unpaired) electrons. The number of rotatable bonds is 3. The van der Waals surface area contributed by atoms with Gasteiger partial charge in [-0.25, -0.2) is 4.98 Å². The standard InChI is InChI=1S/C24H22F3N5/c1-17-16-20(31-14-12-30(13-15-31)19-10-6-3-7-11-19)32-23(28-17)21(18-8-4-2-5-9-18)22(29-32)24(25,26)27/h2-11,16H,12-15H2,1H3. The number of alkyl halides is 3. The molecule has 0 aliphatic carbocycles. The molecule has 8 heteroatoms. The van der Waals surface area contributed by atoms with Crippen LogP contribution in [0.4, 0.5) is 24.7 Å². The summed E-state index contributed by atoms with van der Waals surface area (Å²) in [6.07, 6.45) is -4.59. The van der Waals surface area contributed by atoms with Gasteiger partial charge in [-0.1, -0.05) is 48.5 Å². The summed E-state index contributed by atoms with van der Waals surface area (Å²) in [4.78, 5) is 8.83. The van der Waals surface area contributed by atoms with Crippen molar-refractivity contribution in [2.75, 3.05) is 36.0 Å². The van der Waals surface area contributed by atoms with Crippen LogP contribution < -0.4 is 9.80 Å². The van der Waals surface area contributed by atoms with Crippen LogP contribution in [0.1, 0.15) is 11.4 Å². The largest absolute Gasteiger partial charge is 0.435 e. The minimum Gasteiger partial charge on any atom is -0.368 e. The van der Waals surface area contributed by atoms with Crippen LogP contribution in [-0.4, -0.2) is 40.8 Å².